The second kappa shape index (κ2) is 6.73. The van der Waals surface area contributed by atoms with E-state index in [-0.39, 0.29) is 16.8 Å². The normalized spacial score (nSPS) is 19.6. The molecule has 1 aliphatic heterocycles. The van der Waals surface area contributed by atoms with Gasteiger partial charge in [-0.05, 0) is 43.9 Å². The molecule has 5 rings (SSSR count). The molecule has 1 amide bonds. The molecular formula is C20H17F2N7O. The first-order valence-electron chi connectivity index (χ1n) is 9.65. The Morgan fingerprint density at radius 2 is 2.17 bits per heavy atom. The minimum atomic E-state index is -0.809. The fourth-order valence-corrected chi connectivity index (χ4v) is 3.85. The fourth-order valence-electron chi connectivity index (χ4n) is 3.85. The zero-order valence-corrected chi connectivity index (χ0v) is 15.8. The number of benzene rings is 1. The van der Waals surface area contributed by atoms with E-state index in [9.17, 15) is 18.8 Å². The van der Waals surface area contributed by atoms with Gasteiger partial charge in [0.25, 0.3) is 5.91 Å². The summed E-state index contributed by atoms with van der Waals surface area (Å²) in [6.07, 6.45) is 5.44. The number of nitriles is 1. The topological polar surface area (TPSA) is 99.2 Å². The third kappa shape index (κ3) is 3.03. The Morgan fingerprint density at radius 1 is 1.33 bits per heavy atom. The average Bonchev–Trinajstić information content (AvgIpc) is 3.15. The molecule has 2 fully saturated rings. The quantitative estimate of drug-likeness (QED) is 0.711. The molecule has 1 aliphatic carbocycles. The summed E-state index contributed by atoms with van der Waals surface area (Å²) in [7, 11) is 0. The van der Waals surface area contributed by atoms with Crippen molar-refractivity contribution in [3.05, 3.63) is 53.5 Å². The predicted molar refractivity (Wildman–Crippen MR) is 102 cm³/mol. The molecule has 0 radical (unpaired) electrons. The number of nitrogens with zero attached hydrogens (tertiary/aromatic N) is 6. The van der Waals surface area contributed by atoms with Gasteiger partial charge in [-0.2, -0.15) is 15.3 Å². The lowest BCUT2D eigenvalue weighted by molar-refractivity contribution is 0.0943. The summed E-state index contributed by atoms with van der Waals surface area (Å²) in [4.78, 5) is 23.3. The van der Waals surface area contributed by atoms with Crippen LogP contribution >= 0.6 is 0 Å². The molecule has 0 unspecified atom stereocenters. The van der Waals surface area contributed by atoms with Gasteiger partial charge < -0.3 is 10.2 Å². The van der Waals surface area contributed by atoms with E-state index in [0.29, 0.717) is 31.8 Å². The van der Waals surface area contributed by atoms with Crippen LogP contribution in [0.5, 0.6) is 0 Å². The number of hydrogen-bond donors (Lipinski definition) is 1. The highest BCUT2D eigenvalue weighted by Gasteiger charge is 2.45. The summed E-state index contributed by atoms with van der Waals surface area (Å²) < 4.78 is 29.4. The molecule has 30 heavy (non-hydrogen) atoms. The Kier molecular flexibility index (Phi) is 4.13. The number of amides is 1. The Balaban J connectivity index is 1.49. The predicted octanol–water partition coefficient (Wildman–Crippen LogP) is 2.53. The Hall–Kier alpha value is -3.61. The number of nitrogens with one attached hydrogen (secondary N) is 1. The molecule has 1 saturated heterocycles. The van der Waals surface area contributed by atoms with Gasteiger partial charge in [0.1, 0.15) is 29.1 Å². The second-order valence-corrected chi connectivity index (χ2v) is 7.65. The highest BCUT2D eigenvalue weighted by Crippen LogP contribution is 2.37. The number of carbonyl (C=O) groups excluding carboxylic acids is 1. The van der Waals surface area contributed by atoms with Crippen LogP contribution in [0.2, 0.25) is 0 Å². The smallest absolute Gasteiger partial charge is 0.258 e. The maximum absolute atomic E-state index is 14.4. The van der Waals surface area contributed by atoms with Gasteiger partial charge in [0, 0.05) is 12.1 Å². The van der Waals surface area contributed by atoms with Crippen LogP contribution in [-0.2, 0) is 0 Å². The summed E-state index contributed by atoms with van der Waals surface area (Å²) in [6.45, 7) is 0.573. The van der Waals surface area contributed by atoms with E-state index in [0.717, 1.165) is 18.6 Å². The van der Waals surface area contributed by atoms with E-state index in [1.54, 1.807) is 0 Å². The largest absolute Gasteiger partial charge is 0.334 e. The summed E-state index contributed by atoms with van der Waals surface area (Å²) in [5, 5.41) is 16.0. The van der Waals surface area contributed by atoms with E-state index >= 15 is 0 Å². The summed E-state index contributed by atoms with van der Waals surface area (Å²) in [5.41, 5.74) is -0.0347. The summed E-state index contributed by atoms with van der Waals surface area (Å²) >= 11 is 0. The maximum Gasteiger partial charge on any atom is 0.258 e. The molecular weight excluding hydrogens is 392 g/mol. The lowest BCUT2D eigenvalue weighted by Gasteiger charge is -2.25. The molecule has 3 aromatic rings. The Morgan fingerprint density at radius 3 is 2.93 bits per heavy atom. The zero-order chi connectivity index (χ0) is 20.9. The standard InChI is InChI=1S/C20H17F2N7O/c21-12-3-4-15(22)13(8-12)16-2-1-7-28(16)19-24-11-29-17(26-19)14(9-25-29)18(30)27-20(10-23)5-6-20/h3-4,8-9,11,16H,1-2,5-7H2,(H,27,30)/t16-/m1/s1. The van der Waals surface area contributed by atoms with Gasteiger partial charge in [-0.25, -0.2) is 18.3 Å². The third-order valence-corrected chi connectivity index (χ3v) is 5.65. The van der Waals surface area contributed by atoms with Gasteiger partial charge >= 0.3 is 0 Å². The number of fused-ring (bicyclic) bond motifs is 1. The van der Waals surface area contributed by atoms with Crippen LogP contribution in [0.3, 0.4) is 0 Å². The minimum absolute atomic E-state index is 0.229. The van der Waals surface area contributed by atoms with Crippen molar-refractivity contribution in [1.29, 1.82) is 5.26 Å². The van der Waals surface area contributed by atoms with Gasteiger partial charge in [0.05, 0.1) is 18.3 Å². The SMILES string of the molecule is N#CC1(NC(=O)c2cnn3cnc(N4CCC[C@@H]4c4cc(F)ccc4F)nc23)CC1. The van der Waals surface area contributed by atoms with E-state index < -0.39 is 29.1 Å². The fraction of sp³-hybridized carbons (Fsp3) is 0.350. The van der Waals surface area contributed by atoms with E-state index in [1.807, 2.05) is 4.90 Å². The molecule has 1 saturated carbocycles. The van der Waals surface area contributed by atoms with Crippen molar-refractivity contribution in [2.24, 2.45) is 0 Å². The lowest BCUT2D eigenvalue weighted by atomic mass is 10.0. The first-order valence-corrected chi connectivity index (χ1v) is 9.65. The number of halogens is 2. The number of carbonyl (C=O) groups is 1. The third-order valence-electron chi connectivity index (χ3n) is 5.65. The van der Waals surface area contributed by atoms with Crippen LogP contribution in [0.15, 0.2) is 30.7 Å². The van der Waals surface area contributed by atoms with Gasteiger partial charge in [-0.1, -0.05) is 0 Å². The van der Waals surface area contributed by atoms with Crippen molar-refractivity contribution in [3.63, 3.8) is 0 Å². The number of rotatable bonds is 4. The second-order valence-electron chi connectivity index (χ2n) is 7.65. The van der Waals surface area contributed by atoms with Crippen LogP contribution in [0.1, 0.15) is 47.6 Å². The molecule has 1 aromatic carbocycles. The van der Waals surface area contributed by atoms with Crippen LogP contribution in [-0.4, -0.2) is 37.6 Å². The van der Waals surface area contributed by atoms with Crippen LogP contribution in [0.4, 0.5) is 14.7 Å². The Bertz CT molecular complexity index is 1200. The van der Waals surface area contributed by atoms with Crippen LogP contribution in [0.25, 0.3) is 5.65 Å². The molecule has 1 atom stereocenters. The monoisotopic (exact) mass is 409 g/mol. The summed E-state index contributed by atoms with van der Waals surface area (Å²) in [5.74, 6) is -1.10. The van der Waals surface area contributed by atoms with Crippen molar-refractivity contribution in [2.75, 3.05) is 11.4 Å². The van der Waals surface area contributed by atoms with Crippen molar-refractivity contribution < 1.29 is 13.6 Å². The van der Waals surface area contributed by atoms with Crippen LogP contribution in [0, 0.1) is 23.0 Å². The molecule has 10 heteroatoms. The van der Waals surface area contributed by atoms with E-state index in [1.165, 1.54) is 23.1 Å². The minimum Gasteiger partial charge on any atom is -0.334 e. The molecule has 2 aromatic heterocycles. The van der Waals surface area contributed by atoms with E-state index in [4.69, 9.17) is 0 Å². The molecule has 8 nitrogen and oxygen atoms in total. The first kappa shape index (κ1) is 18.4. The Labute approximate surface area is 170 Å². The molecule has 0 bridgehead atoms. The zero-order valence-electron chi connectivity index (χ0n) is 15.8. The first-order chi connectivity index (χ1) is 14.5. The van der Waals surface area contributed by atoms with Crippen molar-refractivity contribution in [3.8, 4) is 6.07 Å². The number of anilines is 1. The van der Waals surface area contributed by atoms with Gasteiger partial charge in [0.15, 0.2) is 5.65 Å². The van der Waals surface area contributed by atoms with Crippen molar-refractivity contribution in [2.45, 2.75) is 37.3 Å². The molecule has 1 N–H and O–H groups in total. The van der Waals surface area contributed by atoms with Gasteiger partial charge in [-0.3, -0.25) is 4.79 Å². The highest BCUT2D eigenvalue weighted by atomic mass is 19.1. The number of aromatic nitrogens is 4. The molecule has 152 valence electrons. The molecule has 2 aliphatic rings. The van der Waals surface area contributed by atoms with Gasteiger partial charge in [0.2, 0.25) is 5.95 Å². The maximum atomic E-state index is 14.4. The molecule has 0 spiro atoms. The van der Waals surface area contributed by atoms with Crippen molar-refractivity contribution in [1.82, 2.24) is 24.9 Å². The lowest BCUT2D eigenvalue weighted by Crippen LogP contribution is -2.35. The highest BCUT2D eigenvalue weighted by molar-refractivity contribution is 6.00. The van der Waals surface area contributed by atoms with Crippen molar-refractivity contribution >= 4 is 17.5 Å². The molecule has 3 heterocycles. The average molecular weight is 409 g/mol. The van der Waals surface area contributed by atoms with E-state index in [2.05, 4.69) is 26.5 Å². The van der Waals surface area contributed by atoms with Gasteiger partial charge in [-0.15, -0.1) is 0 Å². The number of hydrogen-bond acceptors (Lipinski definition) is 6. The summed E-state index contributed by atoms with van der Waals surface area (Å²) in [6, 6.07) is 5.12. The van der Waals surface area contributed by atoms with Crippen LogP contribution < -0.4 is 10.2 Å².